The number of hydrogen-bond donors (Lipinski definition) is 0. The number of benzene rings is 1. The normalized spacial score (nSPS) is 12.2. The highest BCUT2D eigenvalue weighted by Crippen LogP contribution is 2.32. The second-order valence-corrected chi connectivity index (χ2v) is 7.25. The number of fused-ring (bicyclic) bond motifs is 1. The highest BCUT2D eigenvalue weighted by molar-refractivity contribution is 7.13. The van der Waals surface area contributed by atoms with Gasteiger partial charge < -0.3 is 0 Å². The third-order valence-electron chi connectivity index (χ3n) is 3.29. The second-order valence-electron chi connectivity index (χ2n) is 6.39. The summed E-state index contributed by atoms with van der Waals surface area (Å²) in [6, 6.07) is 6.30. The molecule has 2 aromatic heterocycles. The van der Waals surface area contributed by atoms with Gasteiger partial charge in [0.1, 0.15) is 5.01 Å². The summed E-state index contributed by atoms with van der Waals surface area (Å²) in [7, 11) is 1.97. The molecule has 20 heavy (non-hydrogen) atoms. The quantitative estimate of drug-likeness (QED) is 0.703. The molecule has 3 rings (SSSR count). The summed E-state index contributed by atoms with van der Waals surface area (Å²) in [4.78, 5) is 4.81. The van der Waals surface area contributed by atoms with Crippen LogP contribution >= 0.6 is 11.3 Å². The van der Waals surface area contributed by atoms with Crippen LogP contribution in [0.2, 0.25) is 0 Å². The van der Waals surface area contributed by atoms with Crippen LogP contribution in [0.1, 0.15) is 26.5 Å². The Hall–Kier alpha value is -1.68. The lowest BCUT2D eigenvalue weighted by atomic mass is 9.91. The zero-order chi connectivity index (χ0) is 14.3. The fourth-order valence-electron chi connectivity index (χ4n) is 2.42. The second kappa shape index (κ2) is 4.70. The van der Waals surface area contributed by atoms with Crippen LogP contribution in [0.4, 0.5) is 0 Å². The number of thiazole rings is 1. The summed E-state index contributed by atoms with van der Waals surface area (Å²) in [5, 5.41) is 8.78. The number of rotatable bonds is 2. The monoisotopic (exact) mass is 285 g/mol. The third kappa shape index (κ3) is 2.48. The van der Waals surface area contributed by atoms with E-state index in [4.69, 9.17) is 4.98 Å². The van der Waals surface area contributed by atoms with E-state index in [1.54, 1.807) is 11.3 Å². The SMILES string of the molecule is Cn1ncc2c(-c3nc(CC(C)(C)C)cs3)cccc21. The first-order valence-corrected chi connectivity index (χ1v) is 7.67. The highest BCUT2D eigenvalue weighted by Gasteiger charge is 2.15. The smallest absolute Gasteiger partial charge is 0.124 e. The predicted octanol–water partition coefficient (Wildman–Crippen LogP) is 4.29. The molecular weight excluding hydrogens is 266 g/mol. The topological polar surface area (TPSA) is 30.7 Å². The Balaban J connectivity index is 2.03. The van der Waals surface area contributed by atoms with Crippen LogP contribution in [0, 0.1) is 5.41 Å². The third-order valence-corrected chi connectivity index (χ3v) is 4.21. The van der Waals surface area contributed by atoms with E-state index < -0.39 is 0 Å². The van der Waals surface area contributed by atoms with Gasteiger partial charge in [0.2, 0.25) is 0 Å². The van der Waals surface area contributed by atoms with Crippen LogP contribution in [0.3, 0.4) is 0 Å². The lowest BCUT2D eigenvalue weighted by Gasteiger charge is -2.15. The fraction of sp³-hybridized carbons (Fsp3) is 0.375. The van der Waals surface area contributed by atoms with E-state index in [9.17, 15) is 0 Å². The molecule has 3 nitrogen and oxygen atoms in total. The molecule has 0 unspecified atom stereocenters. The van der Waals surface area contributed by atoms with Crippen LogP contribution < -0.4 is 0 Å². The van der Waals surface area contributed by atoms with Gasteiger partial charge in [-0.2, -0.15) is 5.10 Å². The zero-order valence-electron chi connectivity index (χ0n) is 12.3. The summed E-state index contributed by atoms with van der Waals surface area (Å²) in [6.07, 6.45) is 2.93. The van der Waals surface area contributed by atoms with Gasteiger partial charge in [0.25, 0.3) is 0 Å². The zero-order valence-corrected chi connectivity index (χ0v) is 13.2. The molecule has 0 amide bonds. The van der Waals surface area contributed by atoms with Crippen molar-refractivity contribution in [3.63, 3.8) is 0 Å². The molecule has 0 fully saturated rings. The Bertz CT molecular complexity index is 747. The Morgan fingerprint density at radius 2 is 2.05 bits per heavy atom. The van der Waals surface area contributed by atoms with Crippen LogP contribution in [0.5, 0.6) is 0 Å². The van der Waals surface area contributed by atoms with E-state index in [1.165, 1.54) is 16.6 Å². The van der Waals surface area contributed by atoms with Gasteiger partial charge in [0.05, 0.1) is 17.4 Å². The maximum absolute atomic E-state index is 4.81. The van der Waals surface area contributed by atoms with E-state index in [2.05, 4.69) is 49.4 Å². The van der Waals surface area contributed by atoms with Crippen molar-refractivity contribution in [3.8, 4) is 10.6 Å². The Kier molecular flexibility index (Phi) is 3.13. The number of hydrogen-bond acceptors (Lipinski definition) is 3. The van der Waals surface area contributed by atoms with Crippen molar-refractivity contribution in [2.75, 3.05) is 0 Å². The van der Waals surface area contributed by atoms with E-state index in [1.807, 2.05) is 17.9 Å². The first-order chi connectivity index (χ1) is 9.44. The summed E-state index contributed by atoms with van der Waals surface area (Å²) in [5.41, 5.74) is 3.78. The number of nitrogens with zero attached hydrogens (tertiary/aromatic N) is 3. The molecule has 0 bridgehead atoms. The minimum Gasteiger partial charge on any atom is -0.268 e. The van der Waals surface area contributed by atoms with E-state index in [0.717, 1.165) is 16.9 Å². The fourth-order valence-corrected chi connectivity index (χ4v) is 3.28. The van der Waals surface area contributed by atoms with Crippen molar-refractivity contribution in [1.29, 1.82) is 0 Å². The van der Waals surface area contributed by atoms with E-state index in [-0.39, 0.29) is 5.41 Å². The predicted molar refractivity (Wildman–Crippen MR) is 85.0 cm³/mol. The maximum atomic E-state index is 4.81. The van der Waals surface area contributed by atoms with Crippen LogP contribution in [-0.4, -0.2) is 14.8 Å². The van der Waals surface area contributed by atoms with Crippen LogP contribution in [-0.2, 0) is 13.5 Å². The average molecular weight is 285 g/mol. The molecule has 0 aliphatic rings. The van der Waals surface area contributed by atoms with E-state index >= 15 is 0 Å². The van der Waals surface area contributed by atoms with Crippen molar-refractivity contribution in [1.82, 2.24) is 14.8 Å². The van der Waals surface area contributed by atoms with Gasteiger partial charge in [-0.1, -0.05) is 32.9 Å². The lowest BCUT2D eigenvalue weighted by Crippen LogP contribution is -2.09. The summed E-state index contributed by atoms with van der Waals surface area (Å²) >= 11 is 1.72. The molecule has 1 aromatic carbocycles. The van der Waals surface area contributed by atoms with Crippen LogP contribution in [0.15, 0.2) is 29.8 Å². The van der Waals surface area contributed by atoms with Crippen molar-refractivity contribution in [3.05, 3.63) is 35.5 Å². The van der Waals surface area contributed by atoms with Crippen molar-refractivity contribution >= 4 is 22.2 Å². The molecular formula is C16H19N3S. The van der Waals surface area contributed by atoms with Gasteiger partial charge in [-0.15, -0.1) is 11.3 Å². The standard InChI is InChI=1S/C16H19N3S/c1-16(2,3)8-11-10-20-15(18-11)12-6-5-7-14-13(12)9-17-19(14)4/h5-7,9-10H,8H2,1-4H3. The van der Waals surface area contributed by atoms with Gasteiger partial charge >= 0.3 is 0 Å². The summed E-state index contributed by atoms with van der Waals surface area (Å²) < 4.78 is 1.91. The molecule has 104 valence electrons. The number of aromatic nitrogens is 3. The van der Waals surface area contributed by atoms with Crippen LogP contribution in [0.25, 0.3) is 21.5 Å². The molecule has 0 aliphatic heterocycles. The molecule has 0 spiro atoms. The molecule has 3 aromatic rings. The van der Waals surface area contributed by atoms with Gasteiger partial charge in [-0.05, 0) is 17.9 Å². The van der Waals surface area contributed by atoms with E-state index in [0.29, 0.717) is 0 Å². The summed E-state index contributed by atoms with van der Waals surface area (Å²) in [5.74, 6) is 0. The lowest BCUT2D eigenvalue weighted by molar-refractivity contribution is 0.407. The molecule has 0 saturated heterocycles. The molecule has 0 radical (unpaired) electrons. The Labute approximate surface area is 123 Å². The van der Waals surface area contributed by atoms with Crippen molar-refractivity contribution in [2.45, 2.75) is 27.2 Å². The maximum Gasteiger partial charge on any atom is 0.124 e. The molecule has 0 atom stereocenters. The minimum atomic E-state index is 0.269. The Morgan fingerprint density at radius 1 is 1.25 bits per heavy atom. The molecule has 0 aliphatic carbocycles. The molecule has 0 saturated carbocycles. The molecule has 4 heteroatoms. The first-order valence-electron chi connectivity index (χ1n) is 6.79. The highest BCUT2D eigenvalue weighted by atomic mass is 32.1. The van der Waals surface area contributed by atoms with Gasteiger partial charge in [0.15, 0.2) is 0 Å². The minimum absolute atomic E-state index is 0.269. The largest absolute Gasteiger partial charge is 0.268 e. The van der Waals surface area contributed by atoms with Gasteiger partial charge in [0, 0.05) is 23.4 Å². The Morgan fingerprint density at radius 3 is 2.80 bits per heavy atom. The van der Waals surface area contributed by atoms with Crippen molar-refractivity contribution < 1.29 is 0 Å². The summed E-state index contributed by atoms with van der Waals surface area (Å²) in [6.45, 7) is 6.73. The first kappa shape index (κ1) is 13.3. The average Bonchev–Trinajstić information content (AvgIpc) is 2.95. The molecule has 0 N–H and O–H groups in total. The molecule has 2 heterocycles. The van der Waals surface area contributed by atoms with Gasteiger partial charge in [-0.25, -0.2) is 4.98 Å². The number of aryl methyl sites for hydroxylation is 1. The van der Waals surface area contributed by atoms with Crippen molar-refractivity contribution in [2.24, 2.45) is 12.5 Å². The van der Waals surface area contributed by atoms with Gasteiger partial charge in [-0.3, -0.25) is 4.68 Å².